The van der Waals surface area contributed by atoms with Crippen LogP contribution in [0.25, 0.3) is 5.69 Å². The Balaban J connectivity index is 2.04. The van der Waals surface area contributed by atoms with E-state index in [1.165, 1.54) is 36.1 Å². The summed E-state index contributed by atoms with van der Waals surface area (Å²) in [5, 5.41) is 3.71. The number of esters is 3. The highest BCUT2D eigenvalue weighted by Crippen LogP contribution is 2.35. The number of carbonyl (C=O) groups excluding carboxylic acids is 3. The molecule has 0 saturated heterocycles. The van der Waals surface area contributed by atoms with Crippen molar-refractivity contribution < 1.29 is 46.5 Å². The minimum absolute atomic E-state index is 0.0126. The van der Waals surface area contributed by atoms with Gasteiger partial charge < -0.3 is 23.8 Å². The fourth-order valence-electron chi connectivity index (χ4n) is 3.30. The lowest BCUT2D eigenvalue weighted by Crippen LogP contribution is -2.38. The number of hydrogen-bond donors (Lipinski definition) is 0. The summed E-state index contributed by atoms with van der Waals surface area (Å²) in [6, 6.07) is 5.39. The van der Waals surface area contributed by atoms with Crippen molar-refractivity contribution in [2.24, 2.45) is 0 Å². The van der Waals surface area contributed by atoms with E-state index in [-0.39, 0.29) is 36.9 Å². The summed E-state index contributed by atoms with van der Waals surface area (Å²) in [4.78, 5) is 37.8. The molecule has 1 aliphatic heterocycles. The third kappa shape index (κ3) is 4.73. The van der Waals surface area contributed by atoms with Gasteiger partial charge >= 0.3 is 24.1 Å². The third-order valence-corrected chi connectivity index (χ3v) is 4.77. The Morgan fingerprint density at radius 1 is 1.03 bits per heavy atom. The van der Waals surface area contributed by atoms with E-state index in [9.17, 15) is 27.6 Å². The maximum absolute atomic E-state index is 13.7. The predicted molar refractivity (Wildman–Crippen MR) is 109 cm³/mol. The van der Waals surface area contributed by atoms with Crippen molar-refractivity contribution in [3.63, 3.8) is 0 Å². The zero-order valence-corrected chi connectivity index (χ0v) is 18.3. The van der Waals surface area contributed by atoms with Crippen LogP contribution >= 0.6 is 0 Å². The van der Waals surface area contributed by atoms with Crippen molar-refractivity contribution in [1.82, 2.24) is 9.78 Å². The van der Waals surface area contributed by atoms with Gasteiger partial charge in [-0.25, -0.2) is 19.1 Å². The molecule has 3 rings (SSSR count). The number of alkyl halides is 3. The summed E-state index contributed by atoms with van der Waals surface area (Å²) in [5.41, 5.74) is -1.90. The molecule has 34 heavy (non-hydrogen) atoms. The quantitative estimate of drug-likeness (QED) is 0.452. The Labute approximate surface area is 191 Å². The summed E-state index contributed by atoms with van der Waals surface area (Å²) in [6.45, 7) is 1.05. The second-order valence-corrected chi connectivity index (χ2v) is 6.77. The van der Waals surface area contributed by atoms with Crippen molar-refractivity contribution in [2.45, 2.75) is 13.1 Å². The van der Waals surface area contributed by atoms with E-state index in [4.69, 9.17) is 18.9 Å². The Bertz CT molecular complexity index is 1120. The first kappa shape index (κ1) is 24.8. The second kappa shape index (κ2) is 9.95. The van der Waals surface area contributed by atoms with Crippen LogP contribution in [0.15, 0.2) is 41.7 Å². The topological polar surface area (TPSA) is 109 Å². The molecule has 0 fully saturated rings. The third-order valence-electron chi connectivity index (χ3n) is 4.77. The number of benzene rings is 1. The molecule has 13 heteroatoms. The minimum Gasteiger partial charge on any atom is -0.466 e. The van der Waals surface area contributed by atoms with E-state index in [0.29, 0.717) is 10.4 Å². The number of methoxy groups -OCH3 is 2. The Morgan fingerprint density at radius 2 is 1.65 bits per heavy atom. The molecule has 0 unspecified atom stereocenters. The van der Waals surface area contributed by atoms with Gasteiger partial charge in [-0.05, 0) is 31.2 Å². The van der Waals surface area contributed by atoms with Crippen LogP contribution < -0.4 is 4.90 Å². The lowest BCUT2D eigenvalue weighted by Gasteiger charge is -2.31. The van der Waals surface area contributed by atoms with Gasteiger partial charge in [-0.1, -0.05) is 0 Å². The molecule has 2 aromatic rings. The smallest absolute Gasteiger partial charge is 0.434 e. The van der Waals surface area contributed by atoms with E-state index in [1.54, 1.807) is 0 Å². The second-order valence-electron chi connectivity index (χ2n) is 6.77. The molecule has 0 aliphatic carbocycles. The van der Waals surface area contributed by atoms with Gasteiger partial charge in [0.25, 0.3) is 0 Å². The molecule has 0 spiro atoms. The van der Waals surface area contributed by atoms with Gasteiger partial charge in [0.15, 0.2) is 5.69 Å². The number of hydrogen-bond acceptors (Lipinski definition) is 9. The summed E-state index contributed by atoms with van der Waals surface area (Å²) < 4.78 is 61.3. The Hall–Kier alpha value is -3.87. The van der Waals surface area contributed by atoms with E-state index in [1.807, 2.05) is 0 Å². The standard InChI is InChI=1S/C21H20F3N3O7/c1-4-34-19(29)14-9-25-27(17(14)21(22,23)24)13-7-5-12(6-8-13)26-11-33-10-15(18(28)31-2)16(26)20(30)32-3/h5-9H,4,10-11H2,1-3H3. The molecule has 1 aliphatic rings. The zero-order valence-electron chi connectivity index (χ0n) is 18.3. The normalized spacial score (nSPS) is 14.1. The highest BCUT2D eigenvalue weighted by atomic mass is 19.4. The minimum atomic E-state index is -4.89. The lowest BCUT2D eigenvalue weighted by molar-refractivity contribution is -0.143. The highest BCUT2D eigenvalue weighted by molar-refractivity contribution is 6.03. The van der Waals surface area contributed by atoms with Crippen LogP contribution in [0.1, 0.15) is 23.0 Å². The largest absolute Gasteiger partial charge is 0.466 e. The molecule has 0 atom stereocenters. The predicted octanol–water partition coefficient (Wildman–Crippen LogP) is 2.46. The molecule has 2 heterocycles. The van der Waals surface area contributed by atoms with Gasteiger partial charge in [-0.15, -0.1) is 0 Å². The molecule has 182 valence electrons. The highest BCUT2D eigenvalue weighted by Gasteiger charge is 2.41. The molecule has 0 bridgehead atoms. The maximum Gasteiger partial charge on any atom is 0.434 e. The summed E-state index contributed by atoms with van der Waals surface area (Å²) in [5.74, 6) is -2.76. The number of anilines is 1. The van der Waals surface area contributed by atoms with Crippen molar-refractivity contribution in [3.05, 3.63) is 53.0 Å². The number of halogens is 3. The van der Waals surface area contributed by atoms with Gasteiger partial charge in [0, 0.05) is 5.69 Å². The van der Waals surface area contributed by atoms with Gasteiger partial charge in [0.2, 0.25) is 0 Å². The van der Waals surface area contributed by atoms with Crippen molar-refractivity contribution in [1.29, 1.82) is 0 Å². The molecule has 1 aromatic heterocycles. The van der Waals surface area contributed by atoms with E-state index in [2.05, 4.69) is 5.10 Å². The maximum atomic E-state index is 13.7. The van der Waals surface area contributed by atoms with Gasteiger partial charge in [0.1, 0.15) is 18.0 Å². The molecule has 0 amide bonds. The van der Waals surface area contributed by atoms with Crippen LogP contribution in [0.4, 0.5) is 18.9 Å². The van der Waals surface area contributed by atoms with Crippen molar-refractivity contribution >= 4 is 23.6 Å². The van der Waals surface area contributed by atoms with Crippen LogP contribution in [0, 0.1) is 0 Å². The summed E-state index contributed by atoms with van der Waals surface area (Å²) in [7, 11) is 2.28. The average Bonchev–Trinajstić information content (AvgIpc) is 3.29. The lowest BCUT2D eigenvalue weighted by atomic mass is 10.1. The van der Waals surface area contributed by atoms with Crippen LogP contribution in [0.5, 0.6) is 0 Å². The number of ether oxygens (including phenoxy) is 4. The van der Waals surface area contributed by atoms with Crippen LogP contribution in [-0.4, -0.2) is 61.9 Å². The molecule has 1 aromatic carbocycles. The van der Waals surface area contributed by atoms with Crippen LogP contribution in [0.2, 0.25) is 0 Å². The van der Waals surface area contributed by atoms with Gasteiger partial charge in [0.05, 0.1) is 44.9 Å². The molecule has 0 radical (unpaired) electrons. The molecule has 0 saturated carbocycles. The molecular formula is C21H20F3N3O7. The van der Waals surface area contributed by atoms with Crippen molar-refractivity contribution in [2.75, 3.05) is 39.1 Å². The number of rotatable bonds is 6. The molecular weight excluding hydrogens is 463 g/mol. The van der Waals surface area contributed by atoms with Gasteiger partial charge in [-0.3, -0.25) is 0 Å². The molecule has 0 N–H and O–H groups in total. The first-order valence-electron chi connectivity index (χ1n) is 9.81. The summed E-state index contributed by atoms with van der Waals surface area (Å²) in [6.07, 6.45) is -4.11. The van der Waals surface area contributed by atoms with Crippen LogP contribution in [0.3, 0.4) is 0 Å². The SMILES string of the molecule is CCOC(=O)c1cnn(-c2ccc(N3COCC(C(=O)OC)=C3C(=O)OC)cc2)c1C(F)(F)F. The van der Waals surface area contributed by atoms with Crippen LogP contribution in [-0.2, 0) is 34.7 Å². The Kier molecular flexibility index (Phi) is 7.25. The fourth-order valence-corrected chi connectivity index (χ4v) is 3.30. The Morgan fingerprint density at radius 3 is 2.21 bits per heavy atom. The number of aromatic nitrogens is 2. The van der Waals surface area contributed by atoms with Gasteiger partial charge in [-0.2, -0.15) is 18.3 Å². The monoisotopic (exact) mass is 483 g/mol. The average molecular weight is 483 g/mol. The summed E-state index contributed by atoms with van der Waals surface area (Å²) >= 11 is 0. The number of carbonyl (C=O) groups is 3. The van der Waals surface area contributed by atoms with E-state index < -0.39 is 35.3 Å². The first-order chi connectivity index (χ1) is 16.1. The number of nitrogens with zero attached hydrogens (tertiary/aromatic N) is 3. The molecule has 10 nitrogen and oxygen atoms in total. The van der Waals surface area contributed by atoms with Crippen molar-refractivity contribution in [3.8, 4) is 5.69 Å². The fraction of sp³-hybridized carbons (Fsp3) is 0.333. The van der Waals surface area contributed by atoms with E-state index in [0.717, 1.165) is 20.4 Å². The van der Waals surface area contributed by atoms with E-state index >= 15 is 0 Å². The zero-order chi connectivity index (χ0) is 25.0. The first-order valence-corrected chi connectivity index (χ1v) is 9.81.